The number of anilines is 6. The van der Waals surface area contributed by atoms with Crippen LogP contribution in [0.2, 0.25) is 15.1 Å². The fourth-order valence-electron chi connectivity index (χ4n) is 17.2. The Kier molecular flexibility index (Phi) is 27.1. The van der Waals surface area contributed by atoms with Crippen molar-refractivity contribution in [2.24, 2.45) is 14.3 Å². The van der Waals surface area contributed by atoms with E-state index >= 15 is 13.2 Å². The van der Waals surface area contributed by atoms with E-state index in [9.17, 15) is 28.1 Å². The molecular formula is C94H106Cl3F3N17O6P3. The van der Waals surface area contributed by atoms with Crippen molar-refractivity contribution >= 4 is 127 Å². The minimum absolute atomic E-state index is 0.0170. The molecule has 0 saturated carbocycles. The molecular weight excluding hydrogens is 1720 g/mol. The van der Waals surface area contributed by atoms with Crippen molar-refractivity contribution in [3.05, 3.63) is 255 Å². The molecule has 32 heteroatoms. The number of piperazine rings is 3. The van der Waals surface area contributed by atoms with Crippen LogP contribution in [-0.4, -0.2) is 185 Å². The molecule has 0 aliphatic carbocycles. The van der Waals surface area contributed by atoms with Crippen molar-refractivity contribution in [3.63, 3.8) is 0 Å². The van der Waals surface area contributed by atoms with Gasteiger partial charge in [-0.05, 0) is 180 Å². The van der Waals surface area contributed by atoms with E-state index in [1.807, 2.05) is 119 Å². The van der Waals surface area contributed by atoms with Gasteiger partial charge in [0.2, 0.25) is 17.7 Å². The summed E-state index contributed by atoms with van der Waals surface area (Å²) in [6.45, 7) is 48.6. The summed E-state index contributed by atoms with van der Waals surface area (Å²) in [6, 6.07) is 34.8. The number of carbonyl (C=O) groups excluding carboxylic acids is 3. The molecule has 0 spiro atoms. The zero-order valence-corrected chi connectivity index (χ0v) is 79.1. The molecule has 4 aromatic carbocycles. The molecule has 0 N–H and O–H groups in total. The lowest BCUT2D eigenvalue weighted by Crippen LogP contribution is -2.59. The van der Waals surface area contributed by atoms with Crippen LogP contribution < -0.4 is 14.0 Å². The van der Waals surface area contributed by atoms with Crippen molar-refractivity contribution in [1.29, 1.82) is 0 Å². The predicted molar refractivity (Wildman–Crippen MR) is 504 cm³/mol. The third-order valence-electron chi connectivity index (χ3n) is 23.4. The Morgan fingerprint density at radius 1 is 0.429 bits per heavy atom. The first-order chi connectivity index (χ1) is 59.4. The largest absolute Gasteiger partial charge is 0.349 e. The molecule has 23 nitrogen and oxygen atoms in total. The lowest BCUT2D eigenvalue weighted by Gasteiger charge is -2.47. The quantitative estimate of drug-likeness (QED) is 0.0865. The highest BCUT2D eigenvalue weighted by molar-refractivity contribution is 7.65. The number of para-hydroxylation sites is 1. The van der Waals surface area contributed by atoms with Crippen molar-refractivity contribution in [3.8, 4) is 33.8 Å². The Hall–Kier alpha value is -10.6. The van der Waals surface area contributed by atoms with Crippen LogP contribution in [0.3, 0.4) is 0 Å². The van der Waals surface area contributed by atoms with Crippen LogP contribution in [-0.2, 0) is 33.5 Å². The van der Waals surface area contributed by atoms with Gasteiger partial charge in [0.1, 0.15) is 35.0 Å². The van der Waals surface area contributed by atoms with E-state index in [-0.39, 0.29) is 120 Å². The number of hydrogen-bond acceptors (Lipinski definition) is 14. The molecule has 3 fully saturated rings. The molecule has 3 saturated heterocycles. The first kappa shape index (κ1) is 93.1. The molecule has 1 unspecified atom stereocenters. The van der Waals surface area contributed by atoms with Crippen LogP contribution >= 0.6 is 57.1 Å². The number of rotatable bonds is 11. The molecule has 15 rings (SSSR count). The minimum atomic E-state index is -3.55. The van der Waals surface area contributed by atoms with Gasteiger partial charge in [-0.15, -0.1) is 0 Å². The van der Waals surface area contributed by atoms with E-state index in [1.165, 1.54) is 36.4 Å². The number of hydrogen-bond donors (Lipinski definition) is 0. The lowest BCUT2D eigenvalue weighted by molar-refractivity contribution is -0.131. The number of halogens is 6. The van der Waals surface area contributed by atoms with Crippen LogP contribution in [0.1, 0.15) is 147 Å². The topological polar surface area (TPSA) is 233 Å². The monoisotopic (exact) mass is 1820 g/mol. The van der Waals surface area contributed by atoms with E-state index in [2.05, 4.69) is 65.2 Å². The van der Waals surface area contributed by atoms with Crippen molar-refractivity contribution in [2.45, 2.75) is 157 Å². The third-order valence-corrected chi connectivity index (χ3v) is 29.4. The molecule has 126 heavy (non-hydrogen) atoms. The van der Waals surface area contributed by atoms with Gasteiger partial charge in [-0.1, -0.05) is 158 Å². The van der Waals surface area contributed by atoms with Gasteiger partial charge in [0.05, 0.1) is 77.3 Å². The van der Waals surface area contributed by atoms with E-state index in [4.69, 9.17) is 64.0 Å². The van der Waals surface area contributed by atoms with Crippen molar-refractivity contribution in [2.75, 3.05) is 73.3 Å². The molecule has 660 valence electrons. The summed E-state index contributed by atoms with van der Waals surface area (Å²) in [7, 11) is -10.6. The maximum atomic E-state index is 15.0. The van der Waals surface area contributed by atoms with Gasteiger partial charge in [-0.25, -0.2) is 28.1 Å². The molecule has 9 aromatic rings. The van der Waals surface area contributed by atoms with Gasteiger partial charge in [-0.2, -0.15) is 14.3 Å². The molecule has 6 aliphatic heterocycles. The predicted octanol–water partition coefficient (Wildman–Crippen LogP) is 22.1. The number of carbonyl (C=O) groups is 3. The van der Waals surface area contributed by atoms with Gasteiger partial charge in [-0.3, -0.25) is 52.1 Å². The number of pyridine rings is 5. The summed E-state index contributed by atoms with van der Waals surface area (Å²) in [5, 5.41) is 0.740. The molecule has 11 heterocycles. The summed E-state index contributed by atoms with van der Waals surface area (Å²) in [5.74, 6) is 0.849. The van der Waals surface area contributed by atoms with Gasteiger partial charge in [0.25, 0.3) is 22.3 Å². The Balaban J connectivity index is 0.000000162. The average Bonchev–Trinajstić information content (AvgIpc) is 0.726. The molecule has 0 bridgehead atoms. The molecule has 0 radical (unpaired) electrons. The highest BCUT2D eigenvalue weighted by Gasteiger charge is 2.48. The zero-order chi connectivity index (χ0) is 91.6. The number of amidine groups is 3. The van der Waals surface area contributed by atoms with E-state index < -0.39 is 39.8 Å². The second-order valence-corrected chi connectivity index (χ2v) is 42.7. The Morgan fingerprint density at radius 2 is 0.714 bits per heavy atom. The normalized spacial score (nSPS) is 22.3. The van der Waals surface area contributed by atoms with E-state index in [0.29, 0.717) is 102 Å². The maximum absolute atomic E-state index is 15.0. The maximum Gasteiger partial charge on any atom is 0.285 e. The third kappa shape index (κ3) is 18.0. The first-order valence-corrected chi connectivity index (χ1v) is 49.2. The Morgan fingerprint density at radius 3 is 1.01 bits per heavy atom. The second-order valence-electron chi connectivity index (χ2n) is 34.7. The van der Waals surface area contributed by atoms with E-state index in [1.54, 1.807) is 134 Å². The van der Waals surface area contributed by atoms with Crippen LogP contribution in [0.4, 0.5) is 47.7 Å². The lowest BCUT2D eigenvalue weighted by atomic mass is 9.86. The number of aromatic nitrogens is 5. The van der Waals surface area contributed by atoms with Crippen LogP contribution in [0.15, 0.2) is 192 Å². The van der Waals surface area contributed by atoms with Gasteiger partial charge in [0.15, 0.2) is 17.5 Å². The van der Waals surface area contributed by atoms with Crippen LogP contribution in [0.25, 0.3) is 33.8 Å². The molecule has 3 amide bonds. The Labute approximate surface area is 751 Å². The van der Waals surface area contributed by atoms with Crippen molar-refractivity contribution in [1.82, 2.24) is 54.3 Å². The number of amides is 3. The fraction of sp³-hybridized carbons (Fsp3) is 0.351. The Bertz CT molecular complexity index is 5880. The summed E-state index contributed by atoms with van der Waals surface area (Å²) < 4.78 is 109. The molecule has 6 aliphatic rings. The highest BCUT2D eigenvalue weighted by atomic mass is 35.5. The van der Waals surface area contributed by atoms with Gasteiger partial charge < -0.3 is 29.4 Å². The number of aryl methyl sites for hydroxylation is 2. The first-order valence-electron chi connectivity index (χ1n) is 41.9. The summed E-state index contributed by atoms with van der Waals surface area (Å²) >= 11 is 20.5. The minimum Gasteiger partial charge on any atom is -0.349 e. The number of nitrogens with zero attached hydrogens (tertiary/aromatic N) is 17. The number of fused-ring (bicyclic) bond motifs is 3. The van der Waals surface area contributed by atoms with Gasteiger partial charge in [0, 0.05) is 125 Å². The van der Waals surface area contributed by atoms with Crippen molar-refractivity contribution < 1.29 is 41.3 Å². The van der Waals surface area contributed by atoms with Gasteiger partial charge >= 0.3 is 0 Å². The highest BCUT2D eigenvalue weighted by Crippen LogP contribution is 2.64. The zero-order valence-electron chi connectivity index (χ0n) is 74.2. The smallest absolute Gasteiger partial charge is 0.285 e. The second kappa shape index (κ2) is 36.6. The number of benzene rings is 4. The summed E-state index contributed by atoms with van der Waals surface area (Å²) in [5.41, 5.74) is 9.22. The van der Waals surface area contributed by atoms with E-state index in [0.717, 1.165) is 33.8 Å². The fourth-order valence-corrected chi connectivity index (χ4v) is 23.3. The molecule has 9 atom stereocenters. The standard InChI is InChI=1S/C32H36ClFN5O2P.2C31H35ClFN6O2P/c1-8-28(40)37-18-21(3)38(19-20(37)2)31-23-17-25(33)29(22-13-9-11-15-26(22)34)35-30(23)39(42(7,41)36-31)27-16-12-10-14-24(27)32(4,5)6;2*1-8-26(40)37-16-21(6)38(17-20(37)5)31-23-15-24(32)28(22-11-9-10-12-25(22)33)35-30(23)39(42(7,41)36-31)29-19(4)13-14-34-27(29)18(2)3/h8-17,20-21H,1,18-19H2,2-7H3;2*8-15,18,20-21H,1,16-17H2,2-7H3/t20-,21+,42?;20-,21+,42+;20-,21+,42-/m111/s1. The average molecular weight is 1830 g/mol. The molecule has 5 aromatic heterocycles. The SMILES string of the molecule is C=CC(=O)N1C[C@H](C)N(C2=NP(C)(=O)N(c3ccccc3C(C)(C)C)c3nc(-c4ccccc4F)c(Cl)cc32)C[C@H]1C.C=CC(=O)N1C[C@H](C)N(C2=N[P@@](C)(=O)N(c3c(C)ccnc3C(C)C)c3nc(-c4ccccc4F)c(Cl)cc32)C[C@H]1C.C=CC(=O)N1C[C@H](C)N(C2=N[P@](C)(=O)N(c3c(C)ccnc3C(C)C)c3nc(-c4ccccc4F)c(Cl)cc32)C[C@H]1C. The summed E-state index contributed by atoms with van der Waals surface area (Å²) in [6.07, 6.45) is 7.44. The van der Waals surface area contributed by atoms with Crippen LogP contribution in [0.5, 0.6) is 0 Å². The summed E-state index contributed by atoms with van der Waals surface area (Å²) in [4.78, 5) is 73.2. The van der Waals surface area contributed by atoms with Crippen LogP contribution in [0, 0.1) is 31.3 Å².